The lowest BCUT2D eigenvalue weighted by atomic mass is 10.0. The van der Waals surface area contributed by atoms with Crippen LogP contribution in [0.15, 0.2) is 48.8 Å². The molecule has 2 aromatic carbocycles. The Kier molecular flexibility index (Phi) is 7.60. The van der Waals surface area contributed by atoms with Crippen molar-refractivity contribution in [3.05, 3.63) is 48.8 Å². The van der Waals surface area contributed by atoms with Crippen molar-refractivity contribution < 1.29 is 14.3 Å². The first kappa shape index (κ1) is 21.6. The van der Waals surface area contributed by atoms with E-state index in [-0.39, 0.29) is 12.4 Å². The van der Waals surface area contributed by atoms with E-state index in [0.29, 0.717) is 19.1 Å². The molecule has 1 heterocycles. The number of ether oxygens (including phenoxy) is 2. The van der Waals surface area contributed by atoms with Gasteiger partial charge in [-0.15, -0.1) is 0 Å². The van der Waals surface area contributed by atoms with Gasteiger partial charge in [0.25, 0.3) is 0 Å². The van der Waals surface area contributed by atoms with Crippen LogP contribution in [-0.4, -0.2) is 35.7 Å². The highest BCUT2D eigenvalue weighted by Crippen LogP contribution is 2.28. The summed E-state index contributed by atoms with van der Waals surface area (Å²) in [6, 6.07) is 14.0. The zero-order chi connectivity index (χ0) is 21.3. The number of esters is 1. The highest BCUT2D eigenvalue weighted by molar-refractivity contribution is 5.92. The van der Waals surface area contributed by atoms with Gasteiger partial charge in [0.15, 0.2) is 0 Å². The quantitative estimate of drug-likeness (QED) is 0.472. The average Bonchev–Trinajstić information content (AvgIpc) is 2.74. The molecule has 3 aromatic rings. The Morgan fingerprint density at radius 2 is 1.83 bits per heavy atom. The van der Waals surface area contributed by atoms with Crippen LogP contribution in [0.3, 0.4) is 0 Å². The summed E-state index contributed by atoms with van der Waals surface area (Å²) in [6.07, 6.45) is 2.93. The van der Waals surface area contributed by atoms with Crippen LogP contribution in [-0.2, 0) is 9.53 Å². The normalized spacial score (nSPS) is 10.9. The molecule has 0 atom stereocenters. The molecule has 0 aliphatic rings. The molecule has 6 heteroatoms. The minimum Gasteiger partial charge on any atom is -0.493 e. The number of anilines is 1. The number of carbonyl (C=O) groups is 1. The molecule has 0 bridgehead atoms. The third-order valence-corrected chi connectivity index (χ3v) is 4.72. The van der Waals surface area contributed by atoms with Gasteiger partial charge < -0.3 is 14.8 Å². The molecule has 0 aliphatic heterocycles. The molecule has 0 fully saturated rings. The van der Waals surface area contributed by atoms with E-state index in [0.717, 1.165) is 46.6 Å². The first-order valence-electron chi connectivity index (χ1n) is 10.4. The van der Waals surface area contributed by atoms with Gasteiger partial charge in [0.05, 0.1) is 25.2 Å². The minimum atomic E-state index is -0.245. The van der Waals surface area contributed by atoms with Crippen LogP contribution in [0, 0.1) is 5.92 Å². The molecule has 0 spiro atoms. The molecule has 158 valence electrons. The average molecular weight is 408 g/mol. The number of nitrogens with zero attached hydrogens (tertiary/aromatic N) is 2. The van der Waals surface area contributed by atoms with E-state index in [9.17, 15) is 4.79 Å². The fourth-order valence-corrected chi connectivity index (χ4v) is 3.09. The summed E-state index contributed by atoms with van der Waals surface area (Å²) in [5.41, 5.74) is 3.08. The molecule has 0 saturated heterocycles. The summed E-state index contributed by atoms with van der Waals surface area (Å²) < 4.78 is 10.5. The summed E-state index contributed by atoms with van der Waals surface area (Å²) in [5, 5.41) is 4.45. The summed E-state index contributed by atoms with van der Waals surface area (Å²) >= 11 is 0. The van der Waals surface area contributed by atoms with Crippen LogP contribution < -0.4 is 10.1 Å². The Labute approximate surface area is 177 Å². The zero-order valence-corrected chi connectivity index (χ0v) is 17.9. The summed E-state index contributed by atoms with van der Waals surface area (Å²) in [7, 11) is 0. The molecule has 3 rings (SSSR count). The van der Waals surface area contributed by atoms with Gasteiger partial charge in [-0.25, -0.2) is 9.97 Å². The topological polar surface area (TPSA) is 73.3 Å². The SMILES string of the molecule is CCOC(=O)CCOc1ccc(-c2ccc3ncnc(NCCC(C)C)c3c2)cc1. The van der Waals surface area contributed by atoms with Crippen molar-refractivity contribution in [2.75, 3.05) is 25.1 Å². The Hall–Kier alpha value is -3.15. The highest BCUT2D eigenvalue weighted by Gasteiger charge is 2.07. The first-order chi connectivity index (χ1) is 14.6. The molecule has 6 nitrogen and oxygen atoms in total. The predicted molar refractivity (Wildman–Crippen MR) is 120 cm³/mol. The molecular weight excluding hydrogens is 378 g/mol. The number of carbonyl (C=O) groups excluding carboxylic acids is 1. The van der Waals surface area contributed by atoms with E-state index in [2.05, 4.69) is 41.3 Å². The predicted octanol–water partition coefficient (Wildman–Crippen LogP) is 5.09. The van der Waals surface area contributed by atoms with E-state index in [1.165, 1.54) is 0 Å². The Bertz CT molecular complexity index is 971. The standard InChI is InChI=1S/C24H29N3O3/c1-4-29-23(28)12-14-30-20-8-5-18(6-9-20)19-7-10-22-21(15-19)24(27-16-26-22)25-13-11-17(2)3/h5-10,15-17H,4,11-14H2,1-3H3,(H,25,26,27). The van der Waals surface area contributed by atoms with Crippen molar-refractivity contribution >= 4 is 22.7 Å². The second-order valence-corrected chi connectivity index (χ2v) is 7.49. The van der Waals surface area contributed by atoms with E-state index >= 15 is 0 Å². The monoisotopic (exact) mass is 407 g/mol. The van der Waals surface area contributed by atoms with Gasteiger partial charge in [0.1, 0.15) is 17.9 Å². The smallest absolute Gasteiger partial charge is 0.309 e. The van der Waals surface area contributed by atoms with Crippen LogP contribution in [0.25, 0.3) is 22.0 Å². The summed E-state index contributed by atoms with van der Waals surface area (Å²) in [5.74, 6) is 1.98. The van der Waals surface area contributed by atoms with Crippen LogP contribution in [0.1, 0.15) is 33.6 Å². The van der Waals surface area contributed by atoms with Gasteiger partial charge >= 0.3 is 5.97 Å². The molecule has 0 aliphatic carbocycles. The second kappa shape index (κ2) is 10.6. The van der Waals surface area contributed by atoms with Crippen molar-refractivity contribution in [3.63, 3.8) is 0 Å². The Morgan fingerprint density at radius 1 is 1.07 bits per heavy atom. The van der Waals surface area contributed by atoms with E-state index in [1.54, 1.807) is 13.3 Å². The fourth-order valence-electron chi connectivity index (χ4n) is 3.09. The van der Waals surface area contributed by atoms with Crippen molar-refractivity contribution in [1.82, 2.24) is 9.97 Å². The lowest BCUT2D eigenvalue weighted by Gasteiger charge is -2.11. The third kappa shape index (κ3) is 5.92. The molecule has 0 amide bonds. The van der Waals surface area contributed by atoms with Crippen molar-refractivity contribution in [1.29, 1.82) is 0 Å². The molecule has 0 saturated carbocycles. The molecule has 0 unspecified atom stereocenters. The maximum Gasteiger partial charge on any atom is 0.309 e. The van der Waals surface area contributed by atoms with Crippen LogP contribution >= 0.6 is 0 Å². The number of nitrogens with one attached hydrogen (secondary N) is 1. The number of rotatable bonds is 10. The van der Waals surface area contributed by atoms with Gasteiger partial charge in [-0.05, 0) is 54.7 Å². The lowest BCUT2D eigenvalue weighted by Crippen LogP contribution is -2.09. The van der Waals surface area contributed by atoms with Crippen molar-refractivity contribution in [3.8, 4) is 16.9 Å². The van der Waals surface area contributed by atoms with Gasteiger partial charge in [0, 0.05) is 11.9 Å². The number of hydrogen-bond acceptors (Lipinski definition) is 6. The van der Waals surface area contributed by atoms with E-state index < -0.39 is 0 Å². The third-order valence-electron chi connectivity index (χ3n) is 4.72. The maximum absolute atomic E-state index is 11.4. The lowest BCUT2D eigenvalue weighted by molar-refractivity contribution is -0.143. The van der Waals surface area contributed by atoms with Crippen LogP contribution in [0.5, 0.6) is 5.75 Å². The Morgan fingerprint density at radius 3 is 2.57 bits per heavy atom. The van der Waals surface area contributed by atoms with E-state index in [4.69, 9.17) is 9.47 Å². The molecule has 0 radical (unpaired) electrons. The molecule has 30 heavy (non-hydrogen) atoms. The second-order valence-electron chi connectivity index (χ2n) is 7.49. The number of hydrogen-bond donors (Lipinski definition) is 1. The zero-order valence-electron chi connectivity index (χ0n) is 17.9. The maximum atomic E-state index is 11.4. The first-order valence-corrected chi connectivity index (χ1v) is 10.4. The minimum absolute atomic E-state index is 0.243. The van der Waals surface area contributed by atoms with Crippen molar-refractivity contribution in [2.24, 2.45) is 5.92 Å². The molecule has 1 N–H and O–H groups in total. The fraction of sp³-hybridized carbons (Fsp3) is 0.375. The number of fused-ring (bicyclic) bond motifs is 1. The number of benzene rings is 2. The van der Waals surface area contributed by atoms with Gasteiger partial charge in [-0.1, -0.05) is 32.0 Å². The molecule has 1 aromatic heterocycles. The summed E-state index contributed by atoms with van der Waals surface area (Å²) in [4.78, 5) is 20.2. The van der Waals surface area contributed by atoms with Gasteiger partial charge in [-0.3, -0.25) is 4.79 Å². The van der Waals surface area contributed by atoms with Gasteiger partial charge in [0.2, 0.25) is 0 Å². The van der Waals surface area contributed by atoms with Gasteiger partial charge in [-0.2, -0.15) is 0 Å². The highest BCUT2D eigenvalue weighted by atomic mass is 16.5. The van der Waals surface area contributed by atoms with Crippen LogP contribution in [0.2, 0.25) is 0 Å². The Balaban J connectivity index is 1.70. The molecular formula is C24H29N3O3. The summed E-state index contributed by atoms with van der Waals surface area (Å²) in [6.45, 7) is 7.79. The number of aromatic nitrogens is 2. The van der Waals surface area contributed by atoms with Crippen LogP contribution in [0.4, 0.5) is 5.82 Å². The largest absolute Gasteiger partial charge is 0.493 e. The van der Waals surface area contributed by atoms with E-state index in [1.807, 2.05) is 30.3 Å². The van der Waals surface area contributed by atoms with Crippen molar-refractivity contribution in [2.45, 2.75) is 33.6 Å².